The summed E-state index contributed by atoms with van der Waals surface area (Å²) in [6.45, 7) is 2.22. The van der Waals surface area contributed by atoms with Gasteiger partial charge in [0.05, 0.1) is 26.2 Å². The van der Waals surface area contributed by atoms with Gasteiger partial charge in [-0.25, -0.2) is 9.59 Å². The lowest BCUT2D eigenvalue weighted by atomic mass is 10.2. The minimum atomic E-state index is -0.977. The molecule has 108 valence electrons. The molecule has 1 aliphatic heterocycles. The number of nitrogens with one attached hydrogen (secondary N) is 1. The number of carbonyl (C=O) groups excluding carboxylic acids is 2. The summed E-state index contributed by atoms with van der Waals surface area (Å²) in [6, 6.07) is -0.412. The second-order valence-corrected chi connectivity index (χ2v) is 4.25. The van der Waals surface area contributed by atoms with Gasteiger partial charge in [-0.05, 0) is 0 Å². The van der Waals surface area contributed by atoms with E-state index in [0.29, 0.717) is 6.54 Å². The topological polar surface area (TPSA) is 105 Å². The monoisotopic (exact) mass is 274 g/mol. The molecule has 0 aromatic rings. The zero-order chi connectivity index (χ0) is 14.4. The Hall–Kier alpha value is -1.83. The summed E-state index contributed by atoms with van der Waals surface area (Å²) < 4.78 is 9.73. The Kier molecular flexibility index (Phi) is 5.56. The molecular formula is C11H18N2O6. The summed E-state index contributed by atoms with van der Waals surface area (Å²) in [5.74, 6) is -2.17. The highest BCUT2D eigenvalue weighted by molar-refractivity contribution is 5.79. The molecule has 0 aliphatic carbocycles. The van der Waals surface area contributed by atoms with Gasteiger partial charge in [0.1, 0.15) is 0 Å². The van der Waals surface area contributed by atoms with Gasteiger partial charge in [0.25, 0.3) is 0 Å². The van der Waals surface area contributed by atoms with E-state index in [-0.39, 0.29) is 19.7 Å². The molecule has 0 aromatic carbocycles. The van der Waals surface area contributed by atoms with Crippen molar-refractivity contribution < 1.29 is 29.0 Å². The van der Waals surface area contributed by atoms with E-state index in [1.165, 1.54) is 18.9 Å². The van der Waals surface area contributed by atoms with Crippen LogP contribution in [0.25, 0.3) is 0 Å². The number of ether oxygens (including phenoxy) is 2. The molecular weight excluding hydrogens is 256 g/mol. The van der Waals surface area contributed by atoms with E-state index < -0.39 is 30.0 Å². The van der Waals surface area contributed by atoms with Crippen LogP contribution < -0.4 is 5.32 Å². The van der Waals surface area contributed by atoms with Crippen LogP contribution in [0.4, 0.5) is 4.79 Å². The Morgan fingerprint density at radius 1 is 1.53 bits per heavy atom. The van der Waals surface area contributed by atoms with Crippen LogP contribution in [0, 0.1) is 5.92 Å². The molecule has 1 aliphatic rings. The number of nitrogens with zero attached hydrogens (tertiary/aromatic N) is 1. The van der Waals surface area contributed by atoms with Gasteiger partial charge in [0.2, 0.25) is 0 Å². The first-order valence-electron chi connectivity index (χ1n) is 5.90. The number of carboxylic acid groups (broad SMARTS) is 1. The van der Waals surface area contributed by atoms with Gasteiger partial charge in [0, 0.05) is 13.1 Å². The Bertz CT molecular complexity index is 359. The van der Waals surface area contributed by atoms with Crippen molar-refractivity contribution in [3.8, 4) is 0 Å². The van der Waals surface area contributed by atoms with E-state index in [2.05, 4.69) is 10.1 Å². The first-order valence-corrected chi connectivity index (χ1v) is 5.90. The van der Waals surface area contributed by atoms with Crippen molar-refractivity contribution in [1.29, 1.82) is 0 Å². The maximum Gasteiger partial charge on any atom is 0.336 e. The van der Waals surface area contributed by atoms with Gasteiger partial charge < -0.3 is 24.8 Å². The van der Waals surface area contributed by atoms with Crippen molar-refractivity contribution in [2.24, 2.45) is 5.92 Å². The molecule has 1 fully saturated rings. The lowest BCUT2D eigenvalue weighted by molar-refractivity contribution is -0.158. The Morgan fingerprint density at radius 2 is 2.21 bits per heavy atom. The van der Waals surface area contributed by atoms with Crippen molar-refractivity contribution in [2.45, 2.75) is 13.0 Å². The number of urea groups is 1. The standard InChI is InChI=1S/C11H18N2O6/c1-7(9(14)15)5-12-11(17)13-3-4-19-8(6-13)10(16)18-2/h7-8H,3-6H2,1-2H3,(H,12,17)(H,14,15). The molecule has 2 amide bonds. The van der Waals surface area contributed by atoms with Crippen LogP contribution in [0.15, 0.2) is 0 Å². The maximum absolute atomic E-state index is 11.8. The van der Waals surface area contributed by atoms with E-state index in [1.807, 2.05) is 0 Å². The van der Waals surface area contributed by atoms with E-state index in [1.54, 1.807) is 0 Å². The number of methoxy groups -OCH3 is 1. The van der Waals surface area contributed by atoms with Gasteiger partial charge in [0.15, 0.2) is 6.10 Å². The molecule has 0 radical (unpaired) electrons. The van der Waals surface area contributed by atoms with Crippen LogP contribution in [0.3, 0.4) is 0 Å². The summed E-state index contributed by atoms with van der Waals surface area (Å²) in [7, 11) is 1.25. The molecule has 0 bridgehead atoms. The molecule has 0 aromatic heterocycles. The fourth-order valence-electron chi connectivity index (χ4n) is 1.55. The highest BCUT2D eigenvalue weighted by Gasteiger charge is 2.30. The largest absolute Gasteiger partial charge is 0.481 e. The highest BCUT2D eigenvalue weighted by Crippen LogP contribution is 2.07. The van der Waals surface area contributed by atoms with Gasteiger partial charge in [-0.2, -0.15) is 0 Å². The minimum absolute atomic E-state index is 0.0361. The highest BCUT2D eigenvalue weighted by atomic mass is 16.6. The number of hydrogen-bond donors (Lipinski definition) is 2. The number of carbonyl (C=O) groups is 3. The van der Waals surface area contributed by atoms with Crippen LogP contribution in [0.5, 0.6) is 0 Å². The molecule has 1 saturated heterocycles. The van der Waals surface area contributed by atoms with Crippen molar-refractivity contribution in [3.05, 3.63) is 0 Å². The van der Waals surface area contributed by atoms with Crippen LogP contribution in [-0.2, 0) is 19.1 Å². The van der Waals surface area contributed by atoms with Gasteiger partial charge in [-0.1, -0.05) is 6.92 Å². The molecule has 2 atom stereocenters. The van der Waals surface area contributed by atoms with Gasteiger partial charge in [-0.15, -0.1) is 0 Å². The second-order valence-electron chi connectivity index (χ2n) is 4.25. The Labute approximate surface area is 110 Å². The molecule has 19 heavy (non-hydrogen) atoms. The fraction of sp³-hybridized carbons (Fsp3) is 0.727. The summed E-state index contributed by atoms with van der Waals surface area (Å²) in [6.07, 6.45) is -0.790. The van der Waals surface area contributed by atoms with E-state index in [4.69, 9.17) is 9.84 Å². The number of rotatable bonds is 4. The number of hydrogen-bond acceptors (Lipinski definition) is 5. The van der Waals surface area contributed by atoms with Crippen LogP contribution in [0.1, 0.15) is 6.92 Å². The summed E-state index contributed by atoms with van der Waals surface area (Å²) in [5.41, 5.74) is 0. The Morgan fingerprint density at radius 3 is 2.79 bits per heavy atom. The van der Waals surface area contributed by atoms with Crippen molar-refractivity contribution in [2.75, 3.05) is 33.4 Å². The van der Waals surface area contributed by atoms with Gasteiger partial charge >= 0.3 is 18.0 Å². The molecule has 0 spiro atoms. The molecule has 2 N–H and O–H groups in total. The molecule has 8 heteroatoms. The minimum Gasteiger partial charge on any atom is -0.481 e. The maximum atomic E-state index is 11.8. The van der Waals surface area contributed by atoms with Crippen molar-refractivity contribution in [3.63, 3.8) is 0 Å². The third kappa shape index (κ3) is 4.40. The average Bonchev–Trinajstić information content (AvgIpc) is 2.43. The predicted octanol–water partition coefficient (Wildman–Crippen LogP) is -0.709. The summed E-state index contributed by atoms with van der Waals surface area (Å²) in [5, 5.41) is 11.2. The molecule has 1 heterocycles. The zero-order valence-electron chi connectivity index (χ0n) is 10.9. The quantitative estimate of drug-likeness (QED) is 0.656. The van der Waals surface area contributed by atoms with Gasteiger partial charge in [-0.3, -0.25) is 4.79 Å². The number of amides is 2. The van der Waals surface area contributed by atoms with E-state index in [0.717, 1.165) is 0 Å². The fourth-order valence-corrected chi connectivity index (χ4v) is 1.55. The van der Waals surface area contributed by atoms with Crippen LogP contribution >= 0.6 is 0 Å². The first-order chi connectivity index (χ1) is 8.95. The molecule has 8 nitrogen and oxygen atoms in total. The Balaban J connectivity index is 2.44. The third-order valence-corrected chi connectivity index (χ3v) is 2.80. The van der Waals surface area contributed by atoms with Crippen LogP contribution in [-0.4, -0.2) is 67.4 Å². The third-order valence-electron chi connectivity index (χ3n) is 2.80. The van der Waals surface area contributed by atoms with Crippen molar-refractivity contribution in [1.82, 2.24) is 10.2 Å². The van der Waals surface area contributed by atoms with Crippen molar-refractivity contribution >= 4 is 18.0 Å². The van der Waals surface area contributed by atoms with E-state index in [9.17, 15) is 14.4 Å². The molecule has 2 unspecified atom stereocenters. The first kappa shape index (κ1) is 15.2. The smallest absolute Gasteiger partial charge is 0.336 e. The normalized spacial score (nSPS) is 20.5. The second kappa shape index (κ2) is 6.93. The average molecular weight is 274 g/mol. The number of aliphatic carboxylic acids is 1. The van der Waals surface area contributed by atoms with Crippen LogP contribution in [0.2, 0.25) is 0 Å². The number of carboxylic acids is 1. The lowest BCUT2D eigenvalue weighted by Crippen LogP contribution is -2.52. The molecule has 0 saturated carbocycles. The lowest BCUT2D eigenvalue weighted by Gasteiger charge is -2.31. The predicted molar refractivity (Wildman–Crippen MR) is 63.5 cm³/mol. The summed E-state index contributed by atoms with van der Waals surface area (Å²) in [4.78, 5) is 35.1. The summed E-state index contributed by atoms with van der Waals surface area (Å²) >= 11 is 0. The van der Waals surface area contributed by atoms with E-state index >= 15 is 0 Å². The molecule has 1 rings (SSSR count). The SMILES string of the molecule is COC(=O)C1CN(C(=O)NCC(C)C(=O)O)CCO1. The zero-order valence-corrected chi connectivity index (χ0v) is 10.9. The number of esters is 1. The number of morpholine rings is 1.